The molecule has 0 fully saturated rings. The molecular weight excluding hydrogens is 441 g/mol. The van der Waals surface area contributed by atoms with E-state index in [0.717, 1.165) is 12.1 Å². The number of imidazole rings is 1. The Balaban J connectivity index is 2.21. The topological polar surface area (TPSA) is 62.8 Å². The van der Waals surface area contributed by atoms with Gasteiger partial charge in [-0.15, -0.1) is 0 Å². The first-order chi connectivity index (χ1) is 13.8. The van der Waals surface area contributed by atoms with Gasteiger partial charge in [0.1, 0.15) is 16.5 Å². The Hall–Kier alpha value is -2.89. The molecule has 30 heavy (non-hydrogen) atoms. The second-order valence-corrected chi connectivity index (χ2v) is 8.24. The molecule has 0 spiro atoms. The van der Waals surface area contributed by atoms with Crippen LogP contribution in [0.4, 0.5) is 30.7 Å². The molecular formula is C18H11F7N2O2S. The molecule has 0 unspecified atom stereocenters. The maximum Gasteiger partial charge on any atom is 0.416 e. The summed E-state index contributed by atoms with van der Waals surface area (Å²) in [7, 11) is -4.11. The summed E-state index contributed by atoms with van der Waals surface area (Å²) in [5.41, 5.74) is -2.50. The number of hydrogen-bond acceptors (Lipinski definition) is 3. The van der Waals surface area contributed by atoms with Gasteiger partial charge < -0.3 is 4.98 Å². The lowest BCUT2D eigenvalue weighted by Crippen LogP contribution is -2.04. The van der Waals surface area contributed by atoms with Crippen LogP contribution in [0.3, 0.4) is 0 Å². The van der Waals surface area contributed by atoms with E-state index >= 15 is 0 Å². The number of halogens is 7. The standard InChI is InChI=1S/C18H11F7N2O2S/c1-30(28,29)13-7-11(19)10(6-12(13)20)15-14(26-17(27-15)16(21)22)8-2-4-9(5-3-8)18(23,24)25/h2-7,16H,1H3,(H,26,27). The fourth-order valence-corrected chi connectivity index (χ4v) is 3.45. The van der Waals surface area contributed by atoms with Gasteiger partial charge in [0.05, 0.1) is 17.0 Å². The Morgan fingerprint density at radius 1 is 1.00 bits per heavy atom. The Morgan fingerprint density at radius 2 is 1.60 bits per heavy atom. The van der Waals surface area contributed by atoms with Crippen molar-refractivity contribution in [1.82, 2.24) is 9.97 Å². The molecule has 0 saturated carbocycles. The average molecular weight is 452 g/mol. The van der Waals surface area contributed by atoms with Crippen molar-refractivity contribution in [3.05, 3.63) is 59.4 Å². The molecule has 0 aliphatic heterocycles. The van der Waals surface area contributed by atoms with E-state index in [1.165, 1.54) is 0 Å². The van der Waals surface area contributed by atoms with E-state index in [-0.39, 0.29) is 11.3 Å². The first-order valence-corrected chi connectivity index (χ1v) is 9.93. The highest BCUT2D eigenvalue weighted by Crippen LogP contribution is 2.37. The lowest BCUT2D eigenvalue weighted by Gasteiger charge is -2.09. The number of nitrogens with zero attached hydrogens (tertiary/aromatic N) is 1. The number of rotatable bonds is 4. The van der Waals surface area contributed by atoms with Crippen molar-refractivity contribution >= 4 is 9.84 Å². The third-order valence-electron chi connectivity index (χ3n) is 4.10. The summed E-state index contributed by atoms with van der Waals surface area (Å²) >= 11 is 0. The van der Waals surface area contributed by atoms with E-state index in [9.17, 15) is 39.2 Å². The molecule has 12 heteroatoms. The lowest BCUT2D eigenvalue weighted by molar-refractivity contribution is -0.137. The predicted molar refractivity (Wildman–Crippen MR) is 92.4 cm³/mol. The summed E-state index contributed by atoms with van der Waals surface area (Å²) < 4.78 is 116. The molecule has 4 nitrogen and oxygen atoms in total. The Kier molecular flexibility index (Phi) is 5.39. The largest absolute Gasteiger partial charge is 0.416 e. The van der Waals surface area contributed by atoms with Gasteiger partial charge in [0.2, 0.25) is 0 Å². The second-order valence-electron chi connectivity index (χ2n) is 6.26. The van der Waals surface area contributed by atoms with E-state index in [4.69, 9.17) is 0 Å². The minimum Gasteiger partial charge on any atom is -0.337 e. The Morgan fingerprint density at radius 3 is 2.10 bits per heavy atom. The molecule has 1 heterocycles. The molecule has 0 bridgehead atoms. The molecule has 3 rings (SSSR count). The van der Waals surface area contributed by atoms with Crippen molar-refractivity contribution in [1.29, 1.82) is 0 Å². The predicted octanol–water partition coefficient (Wildman–Crippen LogP) is 5.38. The van der Waals surface area contributed by atoms with E-state index < -0.39 is 61.6 Å². The number of alkyl halides is 5. The van der Waals surface area contributed by atoms with Gasteiger partial charge in [-0.25, -0.2) is 31.0 Å². The van der Waals surface area contributed by atoms with Crippen LogP contribution in [0.5, 0.6) is 0 Å². The van der Waals surface area contributed by atoms with E-state index in [0.29, 0.717) is 30.5 Å². The highest BCUT2D eigenvalue weighted by atomic mass is 32.2. The summed E-state index contributed by atoms with van der Waals surface area (Å²) in [6, 6.07) is 4.12. The van der Waals surface area contributed by atoms with Crippen LogP contribution < -0.4 is 0 Å². The van der Waals surface area contributed by atoms with Crippen LogP contribution in [0, 0.1) is 11.6 Å². The lowest BCUT2D eigenvalue weighted by atomic mass is 10.0. The molecule has 2 aromatic carbocycles. The highest BCUT2D eigenvalue weighted by Gasteiger charge is 2.30. The van der Waals surface area contributed by atoms with Gasteiger partial charge in [0, 0.05) is 17.4 Å². The molecule has 0 saturated heterocycles. The summed E-state index contributed by atoms with van der Waals surface area (Å²) in [6.07, 6.45) is -7.13. The quantitative estimate of drug-likeness (QED) is 0.541. The summed E-state index contributed by atoms with van der Waals surface area (Å²) in [4.78, 5) is 4.79. The molecule has 0 radical (unpaired) electrons. The molecule has 0 amide bonds. The van der Waals surface area contributed by atoms with Crippen LogP contribution in [0.2, 0.25) is 0 Å². The number of sulfone groups is 1. The van der Waals surface area contributed by atoms with Crippen molar-refractivity contribution < 1.29 is 39.2 Å². The number of benzene rings is 2. The minimum absolute atomic E-state index is 0.0758. The SMILES string of the molecule is CS(=O)(=O)c1cc(F)c(-c2[nH]c(C(F)F)nc2-c2ccc(C(F)(F)F)cc2)cc1F. The van der Waals surface area contributed by atoms with Crippen LogP contribution in [0.1, 0.15) is 17.8 Å². The molecule has 1 N–H and O–H groups in total. The highest BCUT2D eigenvalue weighted by molar-refractivity contribution is 7.90. The molecule has 0 aliphatic rings. The summed E-state index contributed by atoms with van der Waals surface area (Å²) in [5, 5.41) is 0. The van der Waals surface area contributed by atoms with Crippen molar-refractivity contribution in [2.45, 2.75) is 17.5 Å². The van der Waals surface area contributed by atoms with Crippen LogP contribution in [0.15, 0.2) is 41.3 Å². The van der Waals surface area contributed by atoms with Gasteiger partial charge in [-0.1, -0.05) is 12.1 Å². The molecule has 160 valence electrons. The van der Waals surface area contributed by atoms with Gasteiger partial charge in [-0.3, -0.25) is 0 Å². The van der Waals surface area contributed by atoms with Gasteiger partial charge >= 0.3 is 6.18 Å². The first kappa shape index (κ1) is 21.8. The third kappa shape index (κ3) is 4.18. The monoisotopic (exact) mass is 452 g/mol. The average Bonchev–Trinajstić information content (AvgIpc) is 3.07. The molecule has 1 aromatic heterocycles. The van der Waals surface area contributed by atoms with Crippen LogP contribution >= 0.6 is 0 Å². The number of aromatic nitrogens is 2. The first-order valence-electron chi connectivity index (χ1n) is 8.04. The summed E-state index contributed by atoms with van der Waals surface area (Å²) in [6.45, 7) is 0. The van der Waals surface area contributed by atoms with Gasteiger partial charge in [0.25, 0.3) is 6.43 Å². The molecule has 3 aromatic rings. The maximum absolute atomic E-state index is 14.6. The Labute approximate surface area is 165 Å². The van der Waals surface area contributed by atoms with Gasteiger partial charge in [-0.2, -0.15) is 13.2 Å². The fourth-order valence-electron chi connectivity index (χ4n) is 2.72. The fraction of sp³-hybridized carbons (Fsp3) is 0.167. The second kappa shape index (κ2) is 7.42. The number of nitrogens with one attached hydrogen (secondary N) is 1. The molecule has 0 atom stereocenters. The van der Waals surface area contributed by atoms with E-state index in [1.54, 1.807) is 0 Å². The normalized spacial score (nSPS) is 12.6. The van der Waals surface area contributed by atoms with Crippen molar-refractivity contribution in [3.8, 4) is 22.5 Å². The van der Waals surface area contributed by atoms with Crippen molar-refractivity contribution in [2.75, 3.05) is 6.26 Å². The summed E-state index contributed by atoms with van der Waals surface area (Å²) in [5.74, 6) is -3.51. The third-order valence-corrected chi connectivity index (χ3v) is 5.22. The van der Waals surface area contributed by atoms with Gasteiger partial charge in [0.15, 0.2) is 15.7 Å². The Bertz CT molecular complexity index is 1200. The number of aromatic amines is 1. The smallest absolute Gasteiger partial charge is 0.337 e. The van der Waals surface area contributed by atoms with Crippen LogP contribution in [0.25, 0.3) is 22.5 Å². The van der Waals surface area contributed by atoms with Gasteiger partial charge in [-0.05, 0) is 24.3 Å². The zero-order valence-corrected chi connectivity index (χ0v) is 15.7. The van der Waals surface area contributed by atoms with E-state index in [2.05, 4.69) is 9.97 Å². The van der Waals surface area contributed by atoms with Crippen molar-refractivity contribution in [2.24, 2.45) is 0 Å². The van der Waals surface area contributed by atoms with Crippen molar-refractivity contribution in [3.63, 3.8) is 0 Å². The minimum atomic E-state index is -4.64. The maximum atomic E-state index is 14.6. The van der Waals surface area contributed by atoms with Crippen LogP contribution in [-0.2, 0) is 16.0 Å². The zero-order valence-electron chi connectivity index (χ0n) is 14.9. The number of H-pyrrole nitrogens is 1. The number of hydrogen-bond donors (Lipinski definition) is 1. The van der Waals surface area contributed by atoms with E-state index in [1.807, 2.05) is 0 Å². The zero-order chi connectivity index (χ0) is 22.4. The van der Waals surface area contributed by atoms with Crippen LogP contribution in [-0.4, -0.2) is 24.6 Å². The molecule has 0 aliphatic carbocycles.